The number of nitrogens with one attached hydrogen (secondary N) is 4. The number of benzene rings is 3. The van der Waals surface area contributed by atoms with Crippen molar-refractivity contribution in [2.45, 2.75) is 43.9 Å². The van der Waals surface area contributed by atoms with Crippen LogP contribution in [0.1, 0.15) is 23.1 Å². The summed E-state index contributed by atoms with van der Waals surface area (Å²) in [6.45, 7) is 0.00268. The molecule has 3 rings (SSSR count). The second-order valence-electron chi connectivity index (χ2n) is 10.3. The predicted molar refractivity (Wildman–Crippen MR) is 169 cm³/mol. The zero-order valence-corrected chi connectivity index (χ0v) is 25.3. The minimum Gasteiger partial charge on any atom is -0.508 e. The molecule has 0 saturated heterocycles. The highest BCUT2D eigenvalue weighted by molar-refractivity contribution is 7.84. The molecule has 0 aliphatic carbocycles. The molecule has 4 atom stereocenters. The number of carbonyl (C=O) groups is 4. The van der Waals surface area contributed by atoms with E-state index >= 15 is 0 Å². The van der Waals surface area contributed by atoms with Gasteiger partial charge in [-0.1, -0.05) is 72.8 Å². The van der Waals surface area contributed by atoms with Crippen LogP contribution in [0.3, 0.4) is 0 Å². The molecule has 1 unspecified atom stereocenters. The lowest BCUT2D eigenvalue weighted by Gasteiger charge is -2.24. The summed E-state index contributed by atoms with van der Waals surface area (Å²) < 4.78 is 11.8. The lowest BCUT2D eigenvalue weighted by atomic mass is 10.0. The van der Waals surface area contributed by atoms with E-state index in [2.05, 4.69) is 21.3 Å². The molecule has 12 heteroatoms. The van der Waals surface area contributed by atoms with Gasteiger partial charge in [0.05, 0.1) is 12.6 Å². The fourth-order valence-electron chi connectivity index (χ4n) is 4.29. The molecule has 3 aromatic carbocycles. The van der Waals surface area contributed by atoms with Gasteiger partial charge >= 0.3 is 0 Å². The Morgan fingerprint density at radius 3 is 1.91 bits per heavy atom. The van der Waals surface area contributed by atoms with Gasteiger partial charge in [0.2, 0.25) is 23.6 Å². The maximum atomic E-state index is 13.5. The Morgan fingerprint density at radius 1 is 0.727 bits per heavy atom. The summed E-state index contributed by atoms with van der Waals surface area (Å²) in [6.07, 6.45) is 1.83. The lowest BCUT2D eigenvalue weighted by Crippen LogP contribution is -2.57. The van der Waals surface area contributed by atoms with Crippen molar-refractivity contribution in [1.29, 1.82) is 0 Å². The van der Waals surface area contributed by atoms with E-state index in [-0.39, 0.29) is 37.3 Å². The fourth-order valence-corrected chi connectivity index (χ4v) is 4.86. The van der Waals surface area contributed by atoms with E-state index in [9.17, 15) is 28.5 Å². The highest BCUT2D eigenvalue weighted by Crippen LogP contribution is 2.11. The first-order valence-corrected chi connectivity index (χ1v) is 15.9. The van der Waals surface area contributed by atoms with E-state index in [1.807, 2.05) is 36.4 Å². The normalized spacial score (nSPS) is 13.5. The zero-order valence-electron chi connectivity index (χ0n) is 24.5. The molecule has 0 bridgehead atoms. The standard InChI is InChI=1S/C32H39N5O6S/c1-44(43)17-16-27(36-30(40)26(33)18-23-12-14-25(38)15-13-23)32(42)37-28(19-22-8-4-2-5-9-22)31(41)35-21-29(39)34-20-24-10-6-3-7-11-24/h2-15,26-28,38H,16-21,33H2,1H3,(H,34,39)(H,35,41)(H,36,40)(H,37,42)/t26-,27+,28-,44?/m0/s1. The SMILES string of the molecule is CS(=O)CC[C@@H](NC(=O)[C@@H](N)Cc1ccc(O)cc1)C(=O)N[C@@H](Cc1ccccc1)C(=O)NCC(=O)NCc1ccccc1. The Morgan fingerprint density at radius 2 is 1.30 bits per heavy atom. The number of hydrogen-bond acceptors (Lipinski definition) is 7. The van der Waals surface area contributed by atoms with E-state index in [4.69, 9.17) is 5.73 Å². The number of amides is 4. The van der Waals surface area contributed by atoms with Gasteiger partial charge in [-0.15, -0.1) is 0 Å². The molecule has 11 nitrogen and oxygen atoms in total. The molecule has 7 N–H and O–H groups in total. The molecule has 3 aromatic rings. The zero-order chi connectivity index (χ0) is 31.9. The number of carbonyl (C=O) groups excluding carboxylic acids is 4. The molecule has 0 spiro atoms. The average Bonchev–Trinajstić information content (AvgIpc) is 3.02. The Hall–Kier alpha value is -4.55. The average molecular weight is 622 g/mol. The number of phenols is 1. The quantitative estimate of drug-likeness (QED) is 0.136. The van der Waals surface area contributed by atoms with E-state index in [1.165, 1.54) is 18.4 Å². The van der Waals surface area contributed by atoms with Crippen LogP contribution in [0.4, 0.5) is 0 Å². The number of rotatable bonds is 16. The van der Waals surface area contributed by atoms with E-state index in [1.54, 1.807) is 36.4 Å². The number of hydrogen-bond donors (Lipinski definition) is 6. The Labute approximate surface area is 259 Å². The van der Waals surface area contributed by atoms with Gasteiger partial charge in [-0.25, -0.2) is 0 Å². The number of phenolic OH excluding ortho intramolecular Hbond substituents is 1. The van der Waals surface area contributed by atoms with Gasteiger partial charge in [-0.05, 0) is 41.7 Å². The van der Waals surface area contributed by atoms with Crippen LogP contribution in [0.2, 0.25) is 0 Å². The molecular formula is C32H39N5O6S. The summed E-state index contributed by atoms with van der Waals surface area (Å²) in [5, 5.41) is 20.2. The highest BCUT2D eigenvalue weighted by atomic mass is 32.2. The van der Waals surface area contributed by atoms with Crippen molar-refractivity contribution in [2.24, 2.45) is 5.73 Å². The Balaban J connectivity index is 1.66. The molecule has 4 amide bonds. The van der Waals surface area contributed by atoms with Gasteiger partial charge in [-0.3, -0.25) is 23.4 Å². The van der Waals surface area contributed by atoms with Crippen molar-refractivity contribution < 1.29 is 28.5 Å². The third-order valence-electron chi connectivity index (χ3n) is 6.73. The van der Waals surface area contributed by atoms with E-state index in [0.717, 1.165) is 11.1 Å². The van der Waals surface area contributed by atoms with Gasteiger partial charge in [0.25, 0.3) is 0 Å². The summed E-state index contributed by atoms with van der Waals surface area (Å²) in [6, 6.07) is 21.4. The van der Waals surface area contributed by atoms with Gasteiger partial charge in [-0.2, -0.15) is 0 Å². The van der Waals surface area contributed by atoms with Crippen LogP contribution in [0.15, 0.2) is 84.9 Å². The van der Waals surface area contributed by atoms with Crippen molar-refractivity contribution in [2.75, 3.05) is 18.6 Å². The van der Waals surface area contributed by atoms with Crippen molar-refractivity contribution in [1.82, 2.24) is 21.3 Å². The topological polar surface area (TPSA) is 180 Å². The largest absolute Gasteiger partial charge is 0.508 e. The van der Waals surface area contributed by atoms with Crippen molar-refractivity contribution in [3.05, 3.63) is 102 Å². The first kappa shape index (κ1) is 33.9. The third kappa shape index (κ3) is 12.0. The predicted octanol–water partition coefficient (Wildman–Crippen LogP) is 0.676. The summed E-state index contributed by atoms with van der Waals surface area (Å²) in [7, 11) is -1.25. The second kappa shape index (κ2) is 17.5. The van der Waals surface area contributed by atoms with Gasteiger partial charge < -0.3 is 32.1 Å². The molecule has 234 valence electrons. The van der Waals surface area contributed by atoms with Gasteiger partial charge in [0, 0.05) is 35.8 Å². The summed E-state index contributed by atoms with van der Waals surface area (Å²) in [5.41, 5.74) is 8.50. The Bertz CT molecular complexity index is 1410. The monoisotopic (exact) mass is 621 g/mol. The van der Waals surface area contributed by atoms with Crippen LogP contribution >= 0.6 is 0 Å². The summed E-state index contributed by atoms with van der Waals surface area (Å²) in [5.74, 6) is -2.01. The minimum atomic E-state index is -1.25. The van der Waals surface area contributed by atoms with Crippen LogP contribution in [-0.2, 0) is 49.4 Å². The lowest BCUT2D eigenvalue weighted by molar-refractivity contribution is -0.133. The summed E-state index contributed by atoms with van der Waals surface area (Å²) >= 11 is 0. The molecular weight excluding hydrogens is 582 g/mol. The molecule has 0 aromatic heterocycles. The maximum absolute atomic E-state index is 13.5. The third-order valence-corrected chi connectivity index (χ3v) is 7.54. The molecule has 0 saturated carbocycles. The fraction of sp³-hybridized carbons (Fsp3) is 0.312. The Kier molecular flexibility index (Phi) is 13.5. The molecule has 44 heavy (non-hydrogen) atoms. The number of nitrogens with two attached hydrogens (primary N) is 1. The van der Waals surface area contributed by atoms with E-state index in [0.29, 0.717) is 12.1 Å². The van der Waals surface area contributed by atoms with Crippen LogP contribution in [-0.4, -0.2) is 69.6 Å². The first-order valence-electron chi connectivity index (χ1n) is 14.2. The smallest absolute Gasteiger partial charge is 0.243 e. The van der Waals surface area contributed by atoms with Crippen molar-refractivity contribution in [3.8, 4) is 5.75 Å². The molecule has 0 radical (unpaired) electrons. The maximum Gasteiger partial charge on any atom is 0.243 e. The van der Waals surface area contributed by atoms with Crippen LogP contribution in [0.25, 0.3) is 0 Å². The first-order chi connectivity index (χ1) is 21.1. The van der Waals surface area contributed by atoms with Crippen LogP contribution in [0.5, 0.6) is 5.75 Å². The number of aromatic hydroxyl groups is 1. The molecule has 0 aliphatic heterocycles. The second-order valence-corrected chi connectivity index (χ2v) is 11.9. The van der Waals surface area contributed by atoms with E-state index < -0.39 is 52.6 Å². The molecule has 0 heterocycles. The van der Waals surface area contributed by atoms with Gasteiger partial charge in [0.15, 0.2) is 0 Å². The van der Waals surface area contributed by atoms with Crippen LogP contribution < -0.4 is 27.0 Å². The highest BCUT2D eigenvalue weighted by Gasteiger charge is 2.29. The van der Waals surface area contributed by atoms with Crippen LogP contribution in [0, 0.1) is 0 Å². The summed E-state index contributed by atoms with van der Waals surface area (Å²) in [4.78, 5) is 52.0. The molecule has 0 aliphatic rings. The van der Waals surface area contributed by atoms with Crippen molar-refractivity contribution >= 4 is 34.4 Å². The van der Waals surface area contributed by atoms with Gasteiger partial charge in [0.1, 0.15) is 17.8 Å². The minimum absolute atomic E-state index is 0.0498. The van der Waals surface area contributed by atoms with Crippen molar-refractivity contribution in [3.63, 3.8) is 0 Å². The molecule has 0 fully saturated rings.